The number of hydrogen-bond acceptors (Lipinski definition) is 6. The van der Waals surface area contributed by atoms with Gasteiger partial charge in [-0.2, -0.15) is 17.0 Å². The van der Waals surface area contributed by atoms with Gasteiger partial charge in [0.2, 0.25) is 0 Å². The lowest BCUT2D eigenvalue weighted by Gasteiger charge is -2.35. The standard InChI is InChI=1S/C18H25N5O3S/c1-4-26-16-7-5-15(6-8-16)17-13-18(20-14-19-17)22-9-11-23(12-10-22)27(24,25)21(2)3/h5-8,13-14H,4,9-12H2,1-3H3. The molecule has 27 heavy (non-hydrogen) atoms. The van der Waals surface area contributed by atoms with Crippen molar-refractivity contribution in [1.82, 2.24) is 18.6 Å². The van der Waals surface area contributed by atoms with Crippen molar-refractivity contribution in [2.45, 2.75) is 6.92 Å². The topological polar surface area (TPSA) is 78.9 Å². The normalized spacial score (nSPS) is 15.9. The highest BCUT2D eigenvalue weighted by molar-refractivity contribution is 7.86. The van der Waals surface area contributed by atoms with E-state index < -0.39 is 10.2 Å². The summed E-state index contributed by atoms with van der Waals surface area (Å²) in [6.45, 7) is 4.63. The molecule has 2 aromatic rings. The van der Waals surface area contributed by atoms with Gasteiger partial charge in [0.25, 0.3) is 10.2 Å². The fourth-order valence-corrected chi connectivity index (χ4v) is 4.03. The minimum Gasteiger partial charge on any atom is -0.494 e. The molecule has 0 unspecified atom stereocenters. The van der Waals surface area contributed by atoms with E-state index in [4.69, 9.17) is 4.74 Å². The van der Waals surface area contributed by atoms with Gasteiger partial charge in [0.15, 0.2) is 0 Å². The molecule has 0 atom stereocenters. The molecule has 0 spiro atoms. The van der Waals surface area contributed by atoms with Gasteiger partial charge in [0.05, 0.1) is 12.3 Å². The van der Waals surface area contributed by atoms with Crippen LogP contribution in [0.15, 0.2) is 36.7 Å². The first-order chi connectivity index (χ1) is 12.9. The lowest BCUT2D eigenvalue weighted by Crippen LogP contribution is -2.51. The van der Waals surface area contributed by atoms with Gasteiger partial charge in [0, 0.05) is 51.9 Å². The van der Waals surface area contributed by atoms with E-state index in [2.05, 4.69) is 14.9 Å². The fourth-order valence-electron chi connectivity index (χ4n) is 2.95. The third-order valence-electron chi connectivity index (χ3n) is 4.46. The van der Waals surface area contributed by atoms with E-state index in [1.165, 1.54) is 8.61 Å². The van der Waals surface area contributed by atoms with Crippen LogP contribution in [0.1, 0.15) is 6.92 Å². The monoisotopic (exact) mass is 391 g/mol. The molecule has 1 saturated heterocycles. The minimum atomic E-state index is -3.37. The van der Waals surface area contributed by atoms with E-state index in [9.17, 15) is 8.42 Å². The first-order valence-electron chi connectivity index (χ1n) is 8.89. The second-order valence-corrected chi connectivity index (χ2v) is 8.54. The molecule has 8 nitrogen and oxygen atoms in total. The molecule has 0 saturated carbocycles. The second-order valence-electron chi connectivity index (χ2n) is 6.40. The highest BCUT2D eigenvalue weighted by Gasteiger charge is 2.29. The fraction of sp³-hybridized carbons (Fsp3) is 0.444. The van der Waals surface area contributed by atoms with Crippen LogP contribution in [-0.2, 0) is 10.2 Å². The maximum Gasteiger partial charge on any atom is 0.281 e. The summed E-state index contributed by atoms with van der Waals surface area (Å²) in [5.41, 5.74) is 1.81. The van der Waals surface area contributed by atoms with E-state index >= 15 is 0 Å². The third kappa shape index (κ3) is 4.37. The van der Waals surface area contributed by atoms with Gasteiger partial charge in [-0.1, -0.05) is 0 Å². The van der Waals surface area contributed by atoms with Crippen LogP contribution in [0, 0.1) is 0 Å². The van der Waals surface area contributed by atoms with Gasteiger partial charge in [-0.25, -0.2) is 9.97 Å². The van der Waals surface area contributed by atoms with Gasteiger partial charge in [-0.05, 0) is 31.2 Å². The molecule has 0 aliphatic carbocycles. The molecule has 3 rings (SSSR count). The van der Waals surface area contributed by atoms with Crippen molar-refractivity contribution in [1.29, 1.82) is 0 Å². The SMILES string of the molecule is CCOc1ccc(-c2cc(N3CCN(S(=O)(=O)N(C)C)CC3)ncn2)cc1. The number of rotatable bonds is 6. The molecule has 1 fully saturated rings. The van der Waals surface area contributed by atoms with Gasteiger partial charge in [0.1, 0.15) is 17.9 Å². The van der Waals surface area contributed by atoms with Crippen molar-refractivity contribution < 1.29 is 13.2 Å². The molecule has 0 N–H and O–H groups in total. The molecule has 1 aliphatic rings. The maximum atomic E-state index is 12.2. The minimum absolute atomic E-state index is 0.433. The zero-order valence-electron chi connectivity index (χ0n) is 15.9. The zero-order chi connectivity index (χ0) is 19.4. The van der Waals surface area contributed by atoms with Crippen molar-refractivity contribution in [2.75, 3.05) is 51.8 Å². The summed E-state index contributed by atoms with van der Waals surface area (Å²) in [4.78, 5) is 10.8. The third-order valence-corrected chi connectivity index (χ3v) is 6.40. The van der Waals surface area contributed by atoms with E-state index in [1.807, 2.05) is 37.3 Å². The largest absolute Gasteiger partial charge is 0.494 e. The smallest absolute Gasteiger partial charge is 0.281 e. The molecule has 2 heterocycles. The highest BCUT2D eigenvalue weighted by atomic mass is 32.2. The molecule has 1 aromatic carbocycles. The number of anilines is 1. The Morgan fingerprint density at radius 2 is 1.74 bits per heavy atom. The molecule has 0 bridgehead atoms. The number of piperazine rings is 1. The molecule has 0 amide bonds. The summed E-state index contributed by atoms with van der Waals surface area (Å²) in [5.74, 6) is 1.63. The Bertz CT molecular complexity index is 863. The Kier molecular flexibility index (Phi) is 5.93. The van der Waals surface area contributed by atoms with Gasteiger partial charge in [-0.15, -0.1) is 0 Å². The second kappa shape index (κ2) is 8.20. The molecule has 146 valence electrons. The van der Waals surface area contributed by atoms with Crippen LogP contribution in [0.5, 0.6) is 5.75 Å². The molecule has 0 radical (unpaired) electrons. The van der Waals surface area contributed by atoms with Crippen molar-refractivity contribution in [3.63, 3.8) is 0 Å². The predicted molar refractivity (Wildman–Crippen MR) is 105 cm³/mol. The van der Waals surface area contributed by atoms with E-state index in [0.29, 0.717) is 32.8 Å². The van der Waals surface area contributed by atoms with Crippen LogP contribution in [0.2, 0.25) is 0 Å². The van der Waals surface area contributed by atoms with Crippen molar-refractivity contribution in [3.8, 4) is 17.0 Å². The van der Waals surface area contributed by atoms with Crippen molar-refractivity contribution in [3.05, 3.63) is 36.7 Å². The Hall–Kier alpha value is -2.23. The van der Waals surface area contributed by atoms with Crippen LogP contribution in [0.25, 0.3) is 11.3 Å². The van der Waals surface area contributed by atoms with Crippen LogP contribution < -0.4 is 9.64 Å². The van der Waals surface area contributed by atoms with Gasteiger partial charge >= 0.3 is 0 Å². The number of aromatic nitrogens is 2. The highest BCUT2D eigenvalue weighted by Crippen LogP contribution is 2.24. The molecular formula is C18H25N5O3S. The number of hydrogen-bond donors (Lipinski definition) is 0. The summed E-state index contributed by atoms with van der Waals surface area (Å²) in [7, 11) is -0.269. The Balaban J connectivity index is 1.71. The molecule has 9 heteroatoms. The quantitative estimate of drug-likeness (QED) is 0.742. The summed E-state index contributed by atoms with van der Waals surface area (Å²) in [6, 6.07) is 9.72. The first kappa shape index (κ1) is 19.5. The van der Waals surface area contributed by atoms with Crippen LogP contribution in [0.3, 0.4) is 0 Å². The number of benzene rings is 1. The zero-order valence-corrected chi connectivity index (χ0v) is 16.7. The van der Waals surface area contributed by atoms with Crippen LogP contribution in [-0.4, -0.2) is 73.9 Å². The average Bonchev–Trinajstić information content (AvgIpc) is 2.69. The molecule has 1 aliphatic heterocycles. The Morgan fingerprint density at radius 3 is 2.33 bits per heavy atom. The Morgan fingerprint density at radius 1 is 1.07 bits per heavy atom. The summed E-state index contributed by atoms with van der Waals surface area (Å²) < 4.78 is 32.7. The summed E-state index contributed by atoms with van der Waals surface area (Å²) in [6.07, 6.45) is 1.55. The summed E-state index contributed by atoms with van der Waals surface area (Å²) in [5, 5.41) is 0. The molecule has 1 aromatic heterocycles. The first-order valence-corrected chi connectivity index (χ1v) is 10.3. The number of nitrogens with zero attached hydrogens (tertiary/aromatic N) is 5. The van der Waals surface area contributed by atoms with Crippen molar-refractivity contribution >= 4 is 16.0 Å². The predicted octanol–water partition coefficient (Wildman–Crippen LogP) is 1.47. The molecular weight excluding hydrogens is 366 g/mol. The van der Waals surface area contributed by atoms with Crippen molar-refractivity contribution in [2.24, 2.45) is 0 Å². The van der Waals surface area contributed by atoms with Gasteiger partial charge in [-0.3, -0.25) is 0 Å². The van der Waals surface area contributed by atoms with E-state index in [1.54, 1.807) is 20.4 Å². The van der Waals surface area contributed by atoms with Gasteiger partial charge < -0.3 is 9.64 Å². The lowest BCUT2D eigenvalue weighted by molar-refractivity contribution is 0.340. The summed E-state index contributed by atoms with van der Waals surface area (Å²) >= 11 is 0. The van der Waals surface area contributed by atoms with E-state index in [-0.39, 0.29) is 0 Å². The van der Waals surface area contributed by atoms with Crippen LogP contribution >= 0.6 is 0 Å². The average molecular weight is 391 g/mol. The van der Waals surface area contributed by atoms with E-state index in [0.717, 1.165) is 22.8 Å². The van der Waals surface area contributed by atoms with Crippen LogP contribution in [0.4, 0.5) is 5.82 Å². The lowest BCUT2D eigenvalue weighted by atomic mass is 10.1. The maximum absolute atomic E-state index is 12.2. The Labute approximate surface area is 160 Å². The number of ether oxygens (including phenoxy) is 1.